The molecule has 0 aliphatic carbocycles. The molecule has 0 amide bonds. The van der Waals surface area contributed by atoms with E-state index in [0.717, 1.165) is 22.6 Å². The van der Waals surface area contributed by atoms with Gasteiger partial charge in [0.2, 0.25) is 0 Å². The number of esters is 1. The summed E-state index contributed by atoms with van der Waals surface area (Å²) in [5.41, 5.74) is 1.65. The van der Waals surface area contributed by atoms with Crippen LogP contribution in [0.25, 0.3) is 0 Å². The third-order valence-corrected chi connectivity index (χ3v) is 5.60. The highest BCUT2D eigenvalue weighted by molar-refractivity contribution is 6.11. The summed E-state index contributed by atoms with van der Waals surface area (Å²) in [6.07, 6.45) is 0. The van der Waals surface area contributed by atoms with Gasteiger partial charge in [-0.3, -0.25) is 0 Å². The standard InChI is InChI=1S/C24H19NO5/c1-27-17-11-7-15(8-12-17)21-22(16-9-13-18(28-2)14-10-16)25-30-24(21)19-5-3-4-6-20(19)29-23(24)26/h3-14,21H,1-2H3/t21-,24+/m1/s1. The summed E-state index contributed by atoms with van der Waals surface area (Å²) in [5, 5.41) is 4.39. The van der Waals surface area contributed by atoms with Crippen molar-refractivity contribution in [2.75, 3.05) is 14.2 Å². The van der Waals surface area contributed by atoms with Crippen LogP contribution >= 0.6 is 0 Å². The Hall–Kier alpha value is -3.80. The summed E-state index contributed by atoms with van der Waals surface area (Å²) in [7, 11) is 3.23. The number of oxime groups is 1. The van der Waals surface area contributed by atoms with E-state index < -0.39 is 17.5 Å². The molecule has 0 unspecified atom stereocenters. The molecule has 6 heteroatoms. The molecule has 0 fully saturated rings. The van der Waals surface area contributed by atoms with Crippen molar-refractivity contribution in [3.05, 3.63) is 89.5 Å². The normalized spacial score (nSPS) is 21.6. The number of hydrogen-bond acceptors (Lipinski definition) is 6. The first-order valence-corrected chi connectivity index (χ1v) is 9.53. The van der Waals surface area contributed by atoms with Crippen LogP contribution in [0, 0.1) is 0 Å². The number of para-hydroxylation sites is 1. The van der Waals surface area contributed by atoms with Gasteiger partial charge in [0, 0.05) is 5.56 Å². The van der Waals surface area contributed by atoms with Gasteiger partial charge in [-0.05, 0) is 48.0 Å². The zero-order chi connectivity index (χ0) is 20.7. The molecule has 2 aliphatic rings. The number of hydrogen-bond donors (Lipinski definition) is 0. The van der Waals surface area contributed by atoms with Crippen LogP contribution in [-0.4, -0.2) is 25.9 Å². The predicted molar refractivity (Wildman–Crippen MR) is 110 cm³/mol. The number of benzene rings is 3. The van der Waals surface area contributed by atoms with E-state index in [1.54, 1.807) is 20.3 Å². The fraction of sp³-hybridized carbons (Fsp3) is 0.167. The van der Waals surface area contributed by atoms with Gasteiger partial charge in [0.15, 0.2) is 0 Å². The summed E-state index contributed by atoms with van der Waals surface area (Å²) in [6, 6.07) is 22.4. The number of carbonyl (C=O) groups excluding carboxylic acids is 1. The van der Waals surface area contributed by atoms with Crippen molar-refractivity contribution in [2.45, 2.75) is 11.5 Å². The molecule has 0 N–H and O–H groups in total. The summed E-state index contributed by atoms with van der Waals surface area (Å²) >= 11 is 0. The molecular weight excluding hydrogens is 382 g/mol. The Balaban J connectivity index is 1.68. The molecule has 2 aliphatic heterocycles. The maximum atomic E-state index is 13.2. The van der Waals surface area contributed by atoms with Crippen LogP contribution in [0.15, 0.2) is 78.0 Å². The average Bonchev–Trinajstić information content (AvgIpc) is 3.33. The minimum absolute atomic E-state index is 0.475. The Morgan fingerprint density at radius 2 is 1.50 bits per heavy atom. The van der Waals surface area contributed by atoms with Gasteiger partial charge < -0.3 is 19.0 Å². The first-order chi connectivity index (χ1) is 14.7. The molecule has 6 nitrogen and oxygen atoms in total. The van der Waals surface area contributed by atoms with E-state index in [9.17, 15) is 4.79 Å². The van der Waals surface area contributed by atoms with Gasteiger partial charge in [0.05, 0.1) is 31.4 Å². The second-order valence-electron chi connectivity index (χ2n) is 7.12. The second kappa shape index (κ2) is 6.91. The third kappa shape index (κ3) is 2.57. The number of fused-ring (bicyclic) bond motifs is 2. The minimum atomic E-state index is -1.37. The summed E-state index contributed by atoms with van der Waals surface area (Å²) in [6.45, 7) is 0. The first-order valence-electron chi connectivity index (χ1n) is 9.53. The zero-order valence-corrected chi connectivity index (χ0v) is 16.5. The Labute approximate surface area is 173 Å². The zero-order valence-electron chi connectivity index (χ0n) is 16.5. The van der Waals surface area contributed by atoms with Gasteiger partial charge in [-0.2, -0.15) is 0 Å². The second-order valence-corrected chi connectivity index (χ2v) is 7.12. The smallest absolute Gasteiger partial charge is 0.364 e. The van der Waals surface area contributed by atoms with Crippen molar-refractivity contribution in [1.82, 2.24) is 0 Å². The van der Waals surface area contributed by atoms with E-state index >= 15 is 0 Å². The molecular formula is C24H19NO5. The number of methoxy groups -OCH3 is 2. The quantitative estimate of drug-likeness (QED) is 0.488. The van der Waals surface area contributed by atoms with Gasteiger partial charge in [-0.15, -0.1) is 0 Å². The number of carbonyl (C=O) groups is 1. The van der Waals surface area contributed by atoms with Gasteiger partial charge in [-0.25, -0.2) is 4.79 Å². The predicted octanol–water partition coefficient (Wildman–Crippen LogP) is 4.04. The van der Waals surface area contributed by atoms with E-state index in [1.165, 1.54) is 0 Å². The van der Waals surface area contributed by atoms with Crippen molar-refractivity contribution in [1.29, 1.82) is 0 Å². The topological polar surface area (TPSA) is 66.4 Å². The molecule has 0 bridgehead atoms. The summed E-state index contributed by atoms with van der Waals surface area (Å²) < 4.78 is 16.1. The molecule has 0 saturated carbocycles. The van der Waals surface area contributed by atoms with Gasteiger partial charge in [-0.1, -0.05) is 35.5 Å². The van der Waals surface area contributed by atoms with Crippen molar-refractivity contribution in [2.24, 2.45) is 5.16 Å². The van der Waals surface area contributed by atoms with Gasteiger partial charge in [0.1, 0.15) is 17.2 Å². The number of ether oxygens (including phenoxy) is 3. The molecule has 0 saturated heterocycles. The van der Waals surface area contributed by atoms with Gasteiger partial charge in [0.25, 0.3) is 5.60 Å². The fourth-order valence-electron chi connectivity index (χ4n) is 4.10. The molecule has 3 aromatic carbocycles. The van der Waals surface area contributed by atoms with Crippen LogP contribution in [-0.2, 0) is 15.2 Å². The van der Waals surface area contributed by atoms with Crippen LogP contribution in [0.3, 0.4) is 0 Å². The van der Waals surface area contributed by atoms with Crippen molar-refractivity contribution >= 4 is 11.7 Å². The van der Waals surface area contributed by atoms with Crippen molar-refractivity contribution < 1.29 is 23.8 Å². The Kier molecular flexibility index (Phi) is 4.20. The lowest BCUT2D eigenvalue weighted by molar-refractivity contribution is -0.157. The summed E-state index contributed by atoms with van der Waals surface area (Å²) in [4.78, 5) is 19.1. The van der Waals surface area contributed by atoms with E-state index in [-0.39, 0.29) is 0 Å². The van der Waals surface area contributed by atoms with Crippen LogP contribution in [0.2, 0.25) is 0 Å². The Morgan fingerprint density at radius 3 is 2.17 bits per heavy atom. The fourth-order valence-corrected chi connectivity index (χ4v) is 4.10. The first kappa shape index (κ1) is 18.2. The molecule has 5 rings (SSSR count). The Morgan fingerprint density at radius 1 is 0.867 bits per heavy atom. The average molecular weight is 401 g/mol. The van der Waals surface area contributed by atoms with E-state index in [0.29, 0.717) is 17.0 Å². The highest BCUT2D eigenvalue weighted by Crippen LogP contribution is 2.53. The SMILES string of the molecule is COc1ccc(C2=NO[C@]3(C(=O)Oc4ccccc43)[C@@H]2c2ccc(OC)cc2)cc1. The number of nitrogens with zero attached hydrogens (tertiary/aromatic N) is 1. The lowest BCUT2D eigenvalue weighted by Gasteiger charge is -2.26. The minimum Gasteiger partial charge on any atom is -0.497 e. The van der Waals surface area contributed by atoms with E-state index in [1.807, 2.05) is 66.7 Å². The largest absolute Gasteiger partial charge is 0.497 e. The Bertz CT molecular complexity index is 1140. The van der Waals surface area contributed by atoms with Crippen molar-refractivity contribution in [3.63, 3.8) is 0 Å². The van der Waals surface area contributed by atoms with Crippen LogP contribution in [0.1, 0.15) is 22.6 Å². The van der Waals surface area contributed by atoms with Crippen LogP contribution in [0.4, 0.5) is 0 Å². The molecule has 150 valence electrons. The van der Waals surface area contributed by atoms with Crippen molar-refractivity contribution in [3.8, 4) is 17.2 Å². The maximum absolute atomic E-state index is 13.2. The molecule has 30 heavy (non-hydrogen) atoms. The van der Waals surface area contributed by atoms with E-state index in [4.69, 9.17) is 19.0 Å². The lowest BCUT2D eigenvalue weighted by Crippen LogP contribution is -2.41. The molecule has 1 spiro atoms. The van der Waals surface area contributed by atoms with Gasteiger partial charge >= 0.3 is 5.97 Å². The molecule has 2 atom stereocenters. The summed E-state index contributed by atoms with van der Waals surface area (Å²) in [5.74, 6) is 0.987. The third-order valence-electron chi connectivity index (χ3n) is 5.60. The molecule has 3 aromatic rings. The van der Waals surface area contributed by atoms with Crippen LogP contribution in [0.5, 0.6) is 17.2 Å². The number of rotatable bonds is 4. The molecule has 2 heterocycles. The highest BCUT2D eigenvalue weighted by Gasteiger charge is 2.63. The maximum Gasteiger partial charge on any atom is 0.364 e. The monoisotopic (exact) mass is 401 g/mol. The van der Waals surface area contributed by atoms with Crippen LogP contribution < -0.4 is 14.2 Å². The molecule has 0 radical (unpaired) electrons. The highest BCUT2D eigenvalue weighted by atomic mass is 16.7. The molecule has 0 aromatic heterocycles. The van der Waals surface area contributed by atoms with E-state index in [2.05, 4.69) is 5.16 Å². The lowest BCUT2D eigenvalue weighted by atomic mass is 9.74.